The largest absolute Gasteiger partial charge is 0.396 e. The van der Waals surface area contributed by atoms with Gasteiger partial charge in [0.1, 0.15) is 17.2 Å². The topological polar surface area (TPSA) is 72.9 Å². The molecule has 0 aromatic heterocycles. The number of halogens is 1. The first-order valence-corrected chi connectivity index (χ1v) is 8.05. The molecule has 1 heterocycles. The van der Waals surface area contributed by atoms with Gasteiger partial charge in [-0.3, -0.25) is 9.59 Å². The van der Waals surface area contributed by atoms with Crippen LogP contribution in [0.15, 0.2) is 33.9 Å². The third-order valence-electron chi connectivity index (χ3n) is 4.31. The van der Waals surface area contributed by atoms with Crippen molar-refractivity contribution >= 4 is 17.1 Å². The summed E-state index contributed by atoms with van der Waals surface area (Å²) in [5.74, 6) is -0.264. The highest BCUT2D eigenvalue weighted by molar-refractivity contribution is 5.75. The van der Waals surface area contributed by atoms with E-state index in [1.165, 1.54) is 12.1 Å². The summed E-state index contributed by atoms with van der Waals surface area (Å²) < 4.78 is 13.0. The van der Waals surface area contributed by atoms with Crippen LogP contribution >= 0.6 is 0 Å². The van der Waals surface area contributed by atoms with Crippen LogP contribution in [0.3, 0.4) is 0 Å². The van der Waals surface area contributed by atoms with E-state index in [-0.39, 0.29) is 12.4 Å². The number of hydrogen-bond donors (Lipinski definition) is 2. The van der Waals surface area contributed by atoms with Crippen LogP contribution in [0.2, 0.25) is 0 Å². The molecule has 0 bridgehead atoms. The lowest BCUT2D eigenvalue weighted by Gasteiger charge is -2.38. The van der Waals surface area contributed by atoms with E-state index in [1.54, 1.807) is 12.1 Å². The van der Waals surface area contributed by atoms with Crippen molar-refractivity contribution in [3.05, 3.63) is 50.5 Å². The Hall–Kier alpha value is -2.41. The van der Waals surface area contributed by atoms with Crippen molar-refractivity contribution in [3.63, 3.8) is 0 Å². The molecule has 1 aliphatic heterocycles. The minimum atomic E-state index is -0.482. The number of anilines is 3. The lowest BCUT2D eigenvalue weighted by Crippen LogP contribution is -2.51. The Bertz CT molecular complexity index is 760. The van der Waals surface area contributed by atoms with E-state index >= 15 is 0 Å². The summed E-state index contributed by atoms with van der Waals surface area (Å²) in [6, 6.07) is 6.34. The molecule has 128 valence electrons. The van der Waals surface area contributed by atoms with E-state index in [0.717, 1.165) is 5.69 Å². The quantitative estimate of drug-likeness (QED) is 0.594. The Balaban J connectivity index is 1.65. The molecule has 1 saturated heterocycles. The molecule has 1 fully saturated rings. The molecule has 3 rings (SSSR count). The highest BCUT2D eigenvalue weighted by Gasteiger charge is 2.28. The van der Waals surface area contributed by atoms with E-state index in [0.29, 0.717) is 50.5 Å². The molecule has 0 aliphatic carbocycles. The zero-order valence-corrected chi connectivity index (χ0v) is 13.3. The Labute approximate surface area is 138 Å². The van der Waals surface area contributed by atoms with Crippen molar-refractivity contribution < 1.29 is 9.50 Å². The number of benzene rings is 1. The zero-order chi connectivity index (χ0) is 17.1. The maximum atomic E-state index is 13.0. The van der Waals surface area contributed by atoms with Crippen molar-refractivity contribution in [1.82, 2.24) is 0 Å². The smallest absolute Gasteiger partial charge is 0.253 e. The number of hydrogen-bond acceptors (Lipinski definition) is 6. The maximum Gasteiger partial charge on any atom is 0.253 e. The van der Waals surface area contributed by atoms with Gasteiger partial charge in [-0.15, -0.1) is 0 Å². The number of aliphatic hydroxyl groups is 1. The summed E-state index contributed by atoms with van der Waals surface area (Å²) in [5, 5.41) is 11.8. The van der Waals surface area contributed by atoms with Crippen LogP contribution in [0, 0.1) is 5.82 Å². The normalized spacial score (nSPS) is 15.1. The van der Waals surface area contributed by atoms with E-state index in [1.807, 2.05) is 4.90 Å². The molecule has 0 amide bonds. The number of rotatable bonds is 6. The minimum Gasteiger partial charge on any atom is -0.396 e. The van der Waals surface area contributed by atoms with Gasteiger partial charge in [0.05, 0.1) is 0 Å². The number of aliphatic hydroxyl groups excluding tert-OH is 1. The number of nitrogens with zero attached hydrogens (tertiary/aromatic N) is 2. The zero-order valence-electron chi connectivity index (χ0n) is 13.3. The predicted octanol–water partition coefficient (Wildman–Crippen LogP) is 0.543. The Morgan fingerprint density at radius 3 is 2.25 bits per heavy atom. The summed E-state index contributed by atoms with van der Waals surface area (Å²) in [5.41, 5.74) is 0.836. The molecule has 0 radical (unpaired) electrons. The standard InChI is InChI=1S/C17H20FN3O3/c18-12-2-4-13(5-3-12)20-7-9-21(10-8-20)15-14(16(23)17(15)24)19-6-1-11-22/h2-5,19,22H,1,6-11H2. The van der Waals surface area contributed by atoms with Gasteiger partial charge in [-0.25, -0.2) is 4.39 Å². The summed E-state index contributed by atoms with van der Waals surface area (Å²) in [6.45, 7) is 3.13. The highest BCUT2D eigenvalue weighted by atomic mass is 19.1. The fourth-order valence-corrected chi connectivity index (χ4v) is 2.98. The van der Waals surface area contributed by atoms with E-state index in [2.05, 4.69) is 10.2 Å². The van der Waals surface area contributed by atoms with E-state index in [9.17, 15) is 14.0 Å². The predicted molar refractivity (Wildman–Crippen MR) is 92.4 cm³/mol. The fourth-order valence-electron chi connectivity index (χ4n) is 2.98. The van der Waals surface area contributed by atoms with Gasteiger partial charge >= 0.3 is 0 Å². The van der Waals surface area contributed by atoms with E-state index < -0.39 is 10.9 Å². The molecule has 2 aromatic rings. The van der Waals surface area contributed by atoms with Gasteiger partial charge in [-0.1, -0.05) is 0 Å². The Morgan fingerprint density at radius 1 is 1.00 bits per heavy atom. The molecular formula is C17H20FN3O3. The summed E-state index contributed by atoms with van der Waals surface area (Å²) >= 11 is 0. The second kappa shape index (κ2) is 7.00. The molecule has 0 spiro atoms. The second-order valence-electron chi connectivity index (χ2n) is 5.84. The van der Waals surface area contributed by atoms with Crippen LogP contribution in [-0.4, -0.2) is 44.4 Å². The first-order valence-electron chi connectivity index (χ1n) is 8.05. The summed E-state index contributed by atoms with van der Waals surface area (Å²) in [4.78, 5) is 27.7. The van der Waals surface area contributed by atoms with Crippen molar-refractivity contribution in [1.29, 1.82) is 0 Å². The van der Waals surface area contributed by atoms with Gasteiger partial charge in [0, 0.05) is 45.0 Å². The van der Waals surface area contributed by atoms with Crippen LogP contribution in [0.5, 0.6) is 0 Å². The average molecular weight is 333 g/mol. The van der Waals surface area contributed by atoms with Gasteiger partial charge in [-0.05, 0) is 30.7 Å². The van der Waals surface area contributed by atoms with Gasteiger partial charge < -0.3 is 20.2 Å². The molecule has 2 aromatic carbocycles. The second-order valence-corrected chi connectivity index (χ2v) is 5.84. The SMILES string of the molecule is O=c1c(NCCCO)c(N2CCN(c3ccc(F)cc3)CC2)c1=O. The Morgan fingerprint density at radius 2 is 1.62 bits per heavy atom. The maximum absolute atomic E-state index is 13.0. The summed E-state index contributed by atoms with van der Waals surface area (Å²) in [6.07, 6.45) is 0.524. The minimum absolute atomic E-state index is 0.0358. The van der Waals surface area contributed by atoms with Crippen molar-refractivity contribution in [3.8, 4) is 0 Å². The van der Waals surface area contributed by atoms with Crippen LogP contribution in [0.1, 0.15) is 6.42 Å². The summed E-state index contributed by atoms with van der Waals surface area (Å²) in [7, 11) is 0. The Kier molecular flexibility index (Phi) is 4.80. The van der Waals surface area contributed by atoms with Gasteiger partial charge in [0.25, 0.3) is 10.9 Å². The van der Waals surface area contributed by atoms with Gasteiger partial charge in [-0.2, -0.15) is 0 Å². The first kappa shape index (κ1) is 16.4. The highest BCUT2D eigenvalue weighted by Crippen LogP contribution is 2.23. The molecule has 0 unspecified atom stereocenters. The third kappa shape index (κ3) is 3.12. The van der Waals surface area contributed by atoms with E-state index in [4.69, 9.17) is 5.11 Å². The van der Waals surface area contributed by atoms with Crippen molar-refractivity contribution in [2.45, 2.75) is 6.42 Å². The molecule has 0 saturated carbocycles. The lowest BCUT2D eigenvalue weighted by atomic mass is 10.1. The average Bonchev–Trinajstić information content (AvgIpc) is 2.62. The van der Waals surface area contributed by atoms with Crippen LogP contribution in [0.25, 0.3) is 0 Å². The monoisotopic (exact) mass is 333 g/mol. The molecule has 1 aliphatic rings. The lowest BCUT2D eigenvalue weighted by molar-refractivity contribution is 0.292. The molecule has 0 atom stereocenters. The molecule has 2 N–H and O–H groups in total. The molecule has 7 heteroatoms. The van der Waals surface area contributed by atoms with Crippen LogP contribution in [-0.2, 0) is 0 Å². The van der Waals surface area contributed by atoms with Crippen LogP contribution in [0.4, 0.5) is 21.5 Å². The van der Waals surface area contributed by atoms with Gasteiger partial charge in [0.2, 0.25) is 0 Å². The molecular weight excluding hydrogens is 313 g/mol. The van der Waals surface area contributed by atoms with Crippen molar-refractivity contribution in [2.24, 2.45) is 0 Å². The molecule has 24 heavy (non-hydrogen) atoms. The first-order chi connectivity index (χ1) is 11.6. The van der Waals surface area contributed by atoms with Gasteiger partial charge in [0.15, 0.2) is 0 Å². The number of piperazine rings is 1. The van der Waals surface area contributed by atoms with Crippen molar-refractivity contribution in [2.75, 3.05) is 54.4 Å². The third-order valence-corrected chi connectivity index (χ3v) is 4.31. The van der Waals surface area contributed by atoms with Crippen LogP contribution < -0.4 is 26.0 Å². The number of nitrogens with one attached hydrogen (secondary N) is 1. The fraction of sp³-hybridized carbons (Fsp3) is 0.412. The molecule has 6 nitrogen and oxygen atoms in total.